The molecule has 25 heavy (non-hydrogen) atoms. The minimum atomic E-state index is -5.56. The molecule has 1 nitrogen and oxygen atoms in total. The lowest BCUT2D eigenvalue weighted by Crippen LogP contribution is -2.54. The van der Waals surface area contributed by atoms with E-state index in [1.807, 2.05) is 19.6 Å². The molecule has 1 unspecified atom stereocenters. The van der Waals surface area contributed by atoms with Gasteiger partial charge in [-0.3, -0.25) is 0 Å². The lowest BCUT2D eigenvalue weighted by Gasteiger charge is -2.38. The average Bonchev–Trinajstić information content (AvgIpc) is 2.53. The minimum absolute atomic E-state index is 0.835. The van der Waals surface area contributed by atoms with Gasteiger partial charge in [-0.1, -0.05) is 79.4 Å². The van der Waals surface area contributed by atoms with E-state index in [1.165, 1.54) is 30.3 Å². The molecule has 2 aromatic rings. The van der Waals surface area contributed by atoms with Crippen molar-refractivity contribution in [2.24, 2.45) is 0 Å². The molecule has 136 valence electrons. The Morgan fingerprint density at radius 1 is 0.720 bits per heavy atom. The second kappa shape index (κ2) is 6.21. The van der Waals surface area contributed by atoms with Crippen LogP contribution in [0, 0.1) is 0 Å². The van der Waals surface area contributed by atoms with Crippen molar-refractivity contribution < 1.29 is 27.1 Å². The Hall–Kier alpha value is -1.73. The highest BCUT2D eigenvalue weighted by molar-refractivity contribution is 6.88. The summed E-state index contributed by atoms with van der Waals surface area (Å²) in [4.78, 5) is 0. The second-order valence-corrected chi connectivity index (χ2v) is 12.1. The first-order valence-corrected chi connectivity index (χ1v) is 11.2. The maximum Gasteiger partial charge on any atom is 0.427 e. The molecule has 0 spiro atoms. The van der Waals surface area contributed by atoms with Crippen molar-refractivity contribution in [3.05, 3.63) is 65.7 Å². The van der Waals surface area contributed by atoms with Gasteiger partial charge in [-0.05, 0) is 5.56 Å². The Bertz CT molecular complexity index is 720. The highest BCUT2D eigenvalue weighted by atomic mass is 28.3. The summed E-state index contributed by atoms with van der Waals surface area (Å²) in [6.07, 6.45) is -5.56. The zero-order valence-electron chi connectivity index (χ0n) is 14.0. The number of hydrogen-bond donors (Lipinski definition) is 1. The molecule has 0 heterocycles. The van der Waals surface area contributed by atoms with E-state index in [0.29, 0.717) is 0 Å². The summed E-state index contributed by atoms with van der Waals surface area (Å²) in [5.41, 5.74) is -6.10. The molecular weight excluding hydrogens is 355 g/mol. The first-order chi connectivity index (χ1) is 11.3. The van der Waals surface area contributed by atoms with Crippen LogP contribution in [0.15, 0.2) is 54.6 Å². The van der Waals surface area contributed by atoms with Crippen LogP contribution in [-0.4, -0.2) is 19.4 Å². The highest BCUT2D eigenvalue weighted by Crippen LogP contribution is 2.54. The Morgan fingerprint density at radius 3 is 1.60 bits per heavy atom. The van der Waals surface area contributed by atoms with Crippen molar-refractivity contribution in [2.75, 3.05) is 0 Å². The molecule has 2 rings (SSSR count). The molecule has 0 amide bonds. The monoisotopic (exact) mass is 374 g/mol. The van der Waals surface area contributed by atoms with Gasteiger partial charge in [-0.15, -0.1) is 0 Å². The first kappa shape index (κ1) is 19.6. The topological polar surface area (TPSA) is 20.2 Å². The van der Waals surface area contributed by atoms with Crippen LogP contribution >= 0.6 is 0 Å². The molecule has 0 aromatic heterocycles. The van der Waals surface area contributed by atoms with Gasteiger partial charge in [0.15, 0.2) is 0 Å². The zero-order valence-corrected chi connectivity index (χ0v) is 15.0. The third kappa shape index (κ3) is 3.35. The van der Waals surface area contributed by atoms with E-state index in [1.54, 1.807) is 0 Å². The molecule has 0 aliphatic rings. The minimum Gasteiger partial charge on any atom is -0.371 e. The maximum atomic E-state index is 14.9. The SMILES string of the molecule is C[Si](C)(C)c1ccc(C(F)(F)C(O)(c2ccccc2)C(F)(F)F)cc1. The van der Waals surface area contributed by atoms with E-state index in [4.69, 9.17) is 0 Å². The molecule has 7 heteroatoms. The van der Waals surface area contributed by atoms with Gasteiger partial charge in [0, 0.05) is 5.56 Å². The van der Waals surface area contributed by atoms with E-state index in [-0.39, 0.29) is 0 Å². The van der Waals surface area contributed by atoms with Gasteiger partial charge in [0.05, 0.1) is 8.07 Å². The van der Waals surface area contributed by atoms with E-state index >= 15 is 0 Å². The molecule has 1 N–H and O–H groups in total. The fraction of sp³-hybridized carbons (Fsp3) is 0.333. The van der Waals surface area contributed by atoms with Crippen LogP contribution in [0.25, 0.3) is 0 Å². The summed E-state index contributed by atoms with van der Waals surface area (Å²) < 4.78 is 70.3. The number of rotatable bonds is 4. The number of aliphatic hydroxyl groups is 1. The van der Waals surface area contributed by atoms with Gasteiger partial charge >= 0.3 is 12.1 Å². The van der Waals surface area contributed by atoms with Crippen LogP contribution in [0.2, 0.25) is 19.6 Å². The number of benzene rings is 2. The average molecular weight is 374 g/mol. The van der Waals surface area contributed by atoms with Crippen molar-refractivity contribution in [3.63, 3.8) is 0 Å². The van der Waals surface area contributed by atoms with E-state index in [2.05, 4.69) is 0 Å². The predicted octanol–water partition coefficient (Wildman–Crippen LogP) is 4.77. The number of hydrogen-bond acceptors (Lipinski definition) is 1. The third-order valence-corrected chi connectivity index (χ3v) is 6.24. The molecule has 0 saturated carbocycles. The van der Waals surface area contributed by atoms with Gasteiger partial charge < -0.3 is 5.11 Å². The van der Waals surface area contributed by atoms with Crippen LogP contribution in [0.1, 0.15) is 11.1 Å². The van der Waals surface area contributed by atoms with Crippen LogP contribution in [0.5, 0.6) is 0 Å². The zero-order chi connectivity index (χ0) is 19.1. The summed E-state index contributed by atoms with van der Waals surface area (Å²) in [7, 11) is -1.79. The van der Waals surface area contributed by atoms with Crippen molar-refractivity contribution in [1.82, 2.24) is 0 Å². The van der Waals surface area contributed by atoms with Gasteiger partial charge in [-0.2, -0.15) is 22.0 Å². The van der Waals surface area contributed by atoms with Crippen LogP contribution in [-0.2, 0) is 11.5 Å². The van der Waals surface area contributed by atoms with E-state index in [0.717, 1.165) is 29.5 Å². The molecule has 0 bridgehead atoms. The van der Waals surface area contributed by atoms with Gasteiger partial charge in [0.2, 0.25) is 0 Å². The Kier molecular flexibility index (Phi) is 4.87. The predicted molar refractivity (Wildman–Crippen MR) is 89.7 cm³/mol. The lowest BCUT2D eigenvalue weighted by atomic mass is 9.83. The Labute approximate surface area is 144 Å². The third-order valence-electron chi connectivity index (χ3n) is 4.17. The van der Waals surface area contributed by atoms with E-state index < -0.39 is 36.9 Å². The summed E-state index contributed by atoms with van der Waals surface area (Å²) in [6.45, 7) is 5.99. The fourth-order valence-electron chi connectivity index (χ4n) is 2.59. The molecule has 0 aliphatic heterocycles. The van der Waals surface area contributed by atoms with Gasteiger partial charge in [0.1, 0.15) is 0 Å². The summed E-state index contributed by atoms with van der Waals surface area (Å²) in [5, 5.41) is 11.0. The van der Waals surface area contributed by atoms with Crippen molar-refractivity contribution in [3.8, 4) is 0 Å². The molecule has 0 radical (unpaired) electrons. The van der Waals surface area contributed by atoms with Crippen LogP contribution in [0.3, 0.4) is 0 Å². The molecule has 0 aliphatic carbocycles. The Morgan fingerprint density at radius 2 is 1.20 bits per heavy atom. The molecule has 1 atom stereocenters. The molecule has 2 aromatic carbocycles. The molecule has 0 fully saturated rings. The molecular formula is C18H19F5OSi. The lowest BCUT2D eigenvalue weighted by molar-refractivity contribution is -0.345. The van der Waals surface area contributed by atoms with Crippen molar-refractivity contribution in [2.45, 2.75) is 37.3 Å². The fourth-order valence-corrected chi connectivity index (χ4v) is 3.76. The normalized spacial score (nSPS) is 15.7. The van der Waals surface area contributed by atoms with E-state index in [9.17, 15) is 27.1 Å². The van der Waals surface area contributed by atoms with Gasteiger partial charge in [-0.25, -0.2) is 0 Å². The number of halogens is 5. The number of alkyl halides is 5. The quantitative estimate of drug-likeness (QED) is 0.604. The standard InChI is InChI=1S/C18H19F5OSi/c1-25(2,3)15-11-9-14(10-12-15)17(19,20)16(24,18(21,22)23)13-7-5-4-6-8-13/h4-12,24H,1-3H3. The molecule has 0 saturated heterocycles. The second-order valence-electron chi connectivity index (χ2n) is 6.98. The smallest absolute Gasteiger partial charge is 0.371 e. The van der Waals surface area contributed by atoms with Gasteiger partial charge in [0.25, 0.3) is 5.60 Å². The summed E-state index contributed by atoms with van der Waals surface area (Å²) in [6, 6.07) is 10.2. The van der Waals surface area contributed by atoms with Crippen molar-refractivity contribution >= 4 is 13.3 Å². The maximum absolute atomic E-state index is 14.9. The largest absolute Gasteiger partial charge is 0.427 e. The van der Waals surface area contributed by atoms with Crippen LogP contribution < -0.4 is 5.19 Å². The first-order valence-electron chi connectivity index (χ1n) is 7.65. The summed E-state index contributed by atoms with van der Waals surface area (Å²) >= 11 is 0. The summed E-state index contributed by atoms with van der Waals surface area (Å²) in [5.74, 6) is -4.55. The Balaban J connectivity index is 2.60. The van der Waals surface area contributed by atoms with Crippen molar-refractivity contribution in [1.29, 1.82) is 0 Å². The highest BCUT2D eigenvalue weighted by Gasteiger charge is 2.70. The van der Waals surface area contributed by atoms with Crippen LogP contribution in [0.4, 0.5) is 22.0 Å².